The molecule has 0 saturated heterocycles. The van der Waals surface area contributed by atoms with Crippen molar-refractivity contribution in [3.63, 3.8) is 0 Å². The maximum Gasteiger partial charge on any atom is 0.269 e. The first-order valence-corrected chi connectivity index (χ1v) is 16.3. The molecule has 2 unspecified atom stereocenters. The lowest BCUT2D eigenvalue weighted by atomic mass is 9.76. The number of non-ortho nitro benzene ring substituents is 1. The van der Waals surface area contributed by atoms with Crippen molar-refractivity contribution in [1.29, 1.82) is 0 Å². The molecule has 5 rings (SSSR count). The molecule has 0 heterocycles. The van der Waals surface area contributed by atoms with Gasteiger partial charge in [0, 0.05) is 23.7 Å². The third-order valence-corrected chi connectivity index (χ3v) is 8.72. The highest BCUT2D eigenvalue weighted by Gasteiger charge is 2.30. The number of nitrogens with one attached hydrogen (secondary N) is 1. The van der Waals surface area contributed by atoms with Crippen molar-refractivity contribution in [1.82, 2.24) is 5.32 Å². The molecule has 7 nitrogen and oxygen atoms in total. The minimum absolute atomic E-state index is 0.138. The average Bonchev–Trinajstić information content (AvgIpc) is 3.07. The minimum Gasteiger partial charge on any atom is -0.485 e. The lowest BCUT2D eigenvalue weighted by Gasteiger charge is -2.33. The topological polar surface area (TPSA) is 99.7 Å². The molecule has 2 atom stereocenters. The normalized spacial score (nSPS) is 15.8. The van der Waals surface area contributed by atoms with Crippen LogP contribution in [0.2, 0.25) is 0 Å². The lowest BCUT2D eigenvalue weighted by molar-refractivity contribution is -0.384. The number of hydrogen-bond acceptors (Lipinski definition) is 6. The quantitative estimate of drug-likeness (QED) is 0.0719. The third kappa shape index (κ3) is 9.40. The van der Waals surface area contributed by atoms with E-state index >= 15 is 0 Å². The summed E-state index contributed by atoms with van der Waals surface area (Å²) in [6, 6.07) is 31.8. The Balaban J connectivity index is 1.12. The van der Waals surface area contributed by atoms with Crippen molar-refractivity contribution in [2.75, 3.05) is 13.1 Å². The van der Waals surface area contributed by atoms with Crippen LogP contribution in [0.3, 0.4) is 0 Å². The molecule has 0 spiro atoms. The molecular formula is C38H45N3O4. The van der Waals surface area contributed by atoms with Crippen molar-refractivity contribution in [3.8, 4) is 11.5 Å². The largest absolute Gasteiger partial charge is 0.485 e. The van der Waals surface area contributed by atoms with Gasteiger partial charge in [0.05, 0.1) is 4.92 Å². The number of nitro benzene ring substituents is 1. The SMILES string of the molecule is NC1CCc2c(ccc(OCc3ccccc3)c2OCc2ccccc2)C1CCCCCCNCCc1ccc([N+](=O)[O-])cc1. The van der Waals surface area contributed by atoms with Gasteiger partial charge in [0.15, 0.2) is 11.5 Å². The van der Waals surface area contributed by atoms with Crippen molar-refractivity contribution in [2.45, 2.75) is 76.5 Å². The molecule has 0 amide bonds. The Morgan fingerprint density at radius 3 is 2.11 bits per heavy atom. The standard InChI is InChI=1S/C38H45N3O4/c39-36-22-20-35-33(34(36)15-9-1-2-10-25-40-26-24-29-16-18-32(19-17-29)41(42)43)21-23-37(44-27-30-11-5-3-6-12-30)38(35)45-28-31-13-7-4-8-14-31/h3-8,11-14,16-19,21,23,34,36,40H,1-2,9-10,15,20,22,24-28,39H2. The predicted octanol–water partition coefficient (Wildman–Crippen LogP) is 7.89. The smallest absolute Gasteiger partial charge is 0.269 e. The number of unbranched alkanes of at least 4 members (excludes halogenated alkanes) is 3. The Morgan fingerprint density at radius 2 is 1.42 bits per heavy atom. The van der Waals surface area contributed by atoms with Crippen LogP contribution in [-0.4, -0.2) is 24.1 Å². The van der Waals surface area contributed by atoms with Crippen LogP contribution >= 0.6 is 0 Å². The molecule has 45 heavy (non-hydrogen) atoms. The molecule has 0 aliphatic heterocycles. The predicted molar refractivity (Wildman–Crippen MR) is 180 cm³/mol. The molecule has 1 aliphatic rings. The summed E-state index contributed by atoms with van der Waals surface area (Å²) >= 11 is 0. The van der Waals surface area contributed by atoms with Gasteiger partial charge in [0.2, 0.25) is 0 Å². The summed E-state index contributed by atoms with van der Waals surface area (Å²) in [6.07, 6.45) is 8.41. The summed E-state index contributed by atoms with van der Waals surface area (Å²) in [5, 5.41) is 14.3. The van der Waals surface area contributed by atoms with Gasteiger partial charge in [0.25, 0.3) is 5.69 Å². The Hall–Kier alpha value is -4.20. The molecular weight excluding hydrogens is 562 g/mol. The molecule has 0 saturated carbocycles. The van der Waals surface area contributed by atoms with Crippen LogP contribution < -0.4 is 20.5 Å². The van der Waals surface area contributed by atoms with Gasteiger partial charge in [-0.25, -0.2) is 0 Å². The second kappa shape index (κ2) is 16.8. The van der Waals surface area contributed by atoms with Gasteiger partial charge in [-0.1, -0.05) is 98.1 Å². The zero-order valence-corrected chi connectivity index (χ0v) is 26.0. The van der Waals surface area contributed by atoms with Gasteiger partial charge in [0.1, 0.15) is 13.2 Å². The van der Waals surface area contributed by atoms with Crippen LogP contribution in [0.5, 0.6) is 11.5 Å². The molecule has 0 fully saturated rings. The fraction of sp³-hybridized carbons (Fsp3) is 0.368. The third-order valence-electron chi connectivity index (χ3n) is 8.72. The number of nitrogens with zero attached hydrogens (tertiary/aromatic N) is 1. The molecule has 1 aliphatic carbocycles. The zero-order chi connectivity index (χ0) is 31.3. The number of hydrogen-bond donors (Lipinski definition) is 2. The summed E-state index contributed by atoms with van der Waals surface area (Å²) in [7, 11) is 0. The van der Waals surface area contributed by atoms with E-state index in [-0.39, 0.29) is 16.7 Å². The van der Waals surface area contributed by atoms with Crippen LogP contribution in [0.4, 0.5) is 5.69 Å². The molecule has 4 aromatic rings. The van der Waals surface area contributed by atoms with E-state index in [0.29, 0.717) is 19.1 Å². The summed E-state index contributed by atoms with van der Waals surface area (Å²) in [5.74, 6) is 1.98. The summed E-state index contributed by atoms with van der Waals surface area (Å²) in [4.78, 5) is 10.5. The van der Waals surface area contributed by atoms with Crippen LogP contribution in [0.1, 0.15) is 72.3 Å². The fourth-order valence-electron chi connectivity index (χ4n) is 6.19. The van der Waals surface area contributed by atoms with E-state index in [1.165, 1.54) is 24.0 Å². The summed E-state index contributed by atoms with van der Waals surface area (Å²) in [6.45, 7) is 2.84. The molecule has 0 aromatic heterocycles. The van der Waals surface area contributed by atoms with E-state index in [1.54, 1.807) is 12.1 Å². The number of ether oxygens (including phenoxy) is 2. The fourth-order valence-corrected chi connectivity index (χ4v) is 6.19. The highest BCUT2D eigenvalue weighted by Crippen LogP contribution is 2.44. The second-order valence-corrected chi connectivity index (χ2v) is 11.9. The van der Waals surface area contributed by atoms with Gasteiger partial charge < -0.3 is 20.5 Å². The maximum atomic E-state index is 10.8. The first kappa shape index (κ1) is 32.2. The number of benzene rings is 4. The van der Waals surface area contributed by atoms with Gasteiger partial charge in [-0.05, 0) is 79.4 Å². The lowest BCUT2D eigenvalue weighted by Crippen LogP contribution is -2.33. The number of nitrogens with two attached hydrogens (primary N) is 1. The van der Waals surface area contributed by atoms with Crippen LogP contribution in [0.25, 0.3) is 0 Å². The Morgan fingerprint density at radius 1 is 0.756 bits per heavy atom. The number of rotatable bonds is 17. The van der Waals surface area contributed by atoms with Crippen LogP contribution in [-0.2, 0) is 26.1 Å². The van der Waals surface area contributed by atoms with E-state index in [2.05, 4.69) is 41.7 Å². The van der Waals surface area contributed by atoms with Gasteiger partial charge in [-0.3, -0.25) is 10.1 Å². The molecule has 0 radical (unpaired) electrons. The first-order valence-electron chi connectivity index (χ1n) is 16.3. The summed E-state index contributed by atoms with van der Waals surface area (Å²) in [5.41, 5.74) is 12.8. The monoisotopic (exact) mass is 607 g/mol. The molecule has 7 heteroatoms. The Labute approximate surface area is 266 Å². The van der Waals surface area contributed by atoms with Crippen LogP contribution in [0.15, 0.2) is 97.1 Å². The first-order chi connectivity index (χ1) is 22.1. The van der Waals surface area contributed by atoms with E-state index in [1.807, 2.05) is 48.5 Å². The second-order valence-electron chi connectivity index (χ2n) is 11.9. The summed E-state index contributed by atoms with van der Waals surface area (Å²) < 4.78 is 12.9. The van der Waals surface area contributed by atoms with Crippen molar-refractivity contribution in [3.05, 3.63) is 135 Å². The minimum atomic E-state index is -0.361. The van der Waals surface area contributed by atoms with Gasteiger partial charge >= 0.3 is 0 Å². The van der Waals surface area contributed by atoms with Crippen LogP contribution in [0, 0.1) is 10.1 Å². The highest BCUT2D eigenvalue weighted by molar-refractivity contribution is 5.53. The van der Waals surface area contributed by atoms with Crippen molar-refractivity contribution < 1.29 is 14.4 Å². The van der Waals surface area contributed by atoms with E-state index < -0.39 is 0 Å². The van der Waals surface area contributed by atoms with E-state index in [9.17, 15) is 10.1 Å². The number of fused-ring (bicyclic) bond motifs is 1. The molecule has 0 bridgehead atoms. The van der Waals surface area contributed by atoms with E-state index in [0.717, 1.165) is 79.8 Å². The average molecular weight is 608 g/mol. The Bertz CT molecular complexity index is 1480. The van der Waals surface area contributed by atoms with Crippen molar-refractivity contribution >= 4 is 5.69 Å². The van der Waals surface area contributed by atoms with Crippen molar-refractivity contribution in [2.24, 2.45) is 5.73 Å². The van der Waals surface area contributed by atoms with Gasteiger partial charge in [-0.15, -0.1) is 0 Å². The highest BCUT2D eigenvalue weighted by atomic mass is 16.6. The van der Waals surface area contributed by atoms with E-state index in [4.69, 9.17) is 15.2 Å². The maximum absolute atomic E-state index is 10.8. The molecule has 3 N–H and O–H groups in total. The molecule has 4 aromatic carbocycles. The Kier molecular flexibility index (Phi) is 12.0. The number of nitro groups is 1. The zero-order valence-electron chi connectivity index (χ0n) is 26.0. The van der Waals surface area contributed by atoms with Gasteiger partial charge in [-0.2, -0.15) is 0 Å². The molecule has 236 valence electrons.